The van der Waals surface area contributed by atoms with Crippen molar-refractivity contribution < 1.29 is 16.0 Å². The van der Waals surface area contributed by atoms with E-state index in [4.69, 9.17) is 5.73 Å². The van der Waals surface area contributed by atoms with E-state index in [9.17, 15) is 13.2 Å². The van der Waals surface area contributed by atoms with Crippen molar-refractivity contribution in [1.29, 1.82) is 0 Å². The van der Waals surface area contributed by atoms with Crippen molar-refractivity contribution in [2.45, 2.75) is 25.9 Å². The Labute approximate surface area is 162 Å². The largest absolute Gasteiger partial charge is 0.418 e. The lowest BCUT2D eigenvalue weighted by atomic mass is 9.80. The van der Waals surface area contributed by atoms with Crippen molar-refractivity contribution in [1.82, 2.24) is 20.2 Å². The van der Waals surface area contributed by atoms with Crippen LogP contribution in [0.5, 0.6) is 0 Å². The predicted molar refractivity (Wildman–Crippen MR) is 105 cm³/mol. The lowest BCUT2D eigenvalue weighted by Gasteiger charge is -2.39. The summed E-state index contributed by atoms with van der Waals surface area (Å²) in [6.07, 6.45) is -1.24. The van der Waals surface area contributed by atoms with E-state index in [0.717, 1.165) is 18.9 Å². The number of rotatable bonds is 3. The molecule has 9 heteroatoms. The summed E-state index contributed by atoms with van der Waals surface area (Å²) in [7, 11) is 0. The van der Waals surface area contributed by atoms with E-state index in [0.29, 0.717) is 36.5 Å². The van der Waals surface area contributed by atoms with Crippen LogP contribution < -0.4 is 10.6 Å². The van der Waals surface area contributed by atoms with Crippen LogP contribution in [0.2, 0.25) is 0 Å². The van der Waals surface area contributed by atoms with Crippen LogP contribution in [-0.2, 0) is 6.18 Å². The highest BCUT2D eigenvalue weighted by Gasteiger charge is 2.36. The molecule has 0 saturated carbocycles. The number of nitrogens with two attached hydrogens (primary N) is 1. The van der Waals surface area contributed by atoms with Gasteiger partial charge < -0.3 is 10.6 Å². The third-order valence-electron chi connectivity index (χ3n) is 5.54. The molecule has 1 fully saturated rings. The summed E-state index contributed by atoms with van der Waals surface area (Å²) < 4.78 is 40.9. The fourth-order valence-corrected chi connectivity index (χ4v) is 3.55. The van der Waals surface area contributed by atoms with Gasteiger partial charge in [0.15, 0.2) is 5.65 Å². The topological polar surface area (TPSA) is 83.7 Å². The molecule has 152 valence electrons. The average molecular weight is 394 g/mol. The summed E-state index contributed by atoms with van der Waals surface area (Å²) in [5, 5.41) is 7.21. The fourth-order valence-electron chi connectivity index (χ4n) is 3.55. The summed E-state index contributed by atoms with van der Waals surface area (Å²) in [6.45, 7) is 4.15. The maximum atomic E-state index is 13.6. The van der Waals surface area contributed by atoms with E-state index in [-0.39, 0.29) is 19.7 Å². The molecule has 0 aliphatic carbocycles. The van der Waals surface area contributed by atoms with Gasteiger partial charge in [0.1, 0.15) is 11.5 Å². The first-order chi connectivity index (χ1) is 13.3. The third-order valence-corrected chi connectivity index (χ3v) is 5.54. The Morgan fingerprint density at radius 3 is 2.68 bits per heavy atom. The fraction of sp³-hybridized carbons (Fsp3) is 0.421. The van der Waals surface area contributed by atoms with Gasteiger partial charge in [-0.1, -0.05) is 6.92 Å². The van der Waals surface area contributed by atoms with E-state index in [1.54, 1.807) is 18.3 Å². The summed E-state index contributed by atoms with van der Waals surface area (Å²) in [6, 6.07) is 5.88. The minimum absolute atomic E-state index is 0. The van der Waals surface area contributed by atoms with Crippen LogP contribution in [0.15, 0.2) is 30.5 Å². The number of halogens is 3. The number of H-pyrrole nitrogens is 1. The van der Waals surface area contributed by atoms with Gasteiger partial charge in [-0.2, -0.15) is 18.3 Å². The molecule has 3 aromatic heterocycles. The van der Waals surface area contributed by atoms with Gasteiger partial charge in [0.25, 0.3) is 0 Å². The van der Waals surface area contributed by atoms with Gasteiger partial charge in [-0.15, -0.1) is 0 Å². The number of nitrogens with zero attached hydrogens (tertiary/aromatic N) is 4. The van der Waals surface area contributed by atoms with Crippen LogP contribution in [0.25, 0.3) is 22.4 Å². The number of nitrogens with one attached hydrogen (secondary N) is 1. The second-order valence-corrected chi connectivity index (χ2v) is 7.54. The molecule has 0 unspecified atom stereocenters. The quantitative estimate of drug-likeness (QED) is 0.699. The Morgan fingerprint density at radius 1 is 1.25 bits per heavy atom. The second kappa shape index (κ2) is 6.73. The Kier molecular flexibility index (Phi) is 4.49. The van der Waals surface area contributed by atoms with Crippen molar-refractivity contribution in [3.8, 4) is 11.4 Å². The van der Waals surface area contributed by atoms with E-state index < -0.39 is 11.7 Å². The Morgan fingerprint density at radius 2 is 2.00 bits per heavy atom. The highest BCUT2D eigenvalue weighted by molar-refractivity contribution is 5.90. The highest BCUT2D eigenvalue weighted by Crippen LogP contribution is 2.39. The van der Waals surface area contributed by atoms with Gasteiger partial charge in [-0.25, -0.2) is 9.97 Å². The maximum absolute atomic E-state index is 13.6. The molecule has 1 aliphatic heterocycles. The molecule has 1 aliphatic rings. The highest BCUT2D eigenvalue weighted by atomic mass is 19.4. The molecule has 0 atom stereocenters. The summed E-state index contributed by atoms with van der Waals surface area (Å²) in [5.41, 5.74) is 5.54. The average Bonchev–Trinajstić information content (AvgIpc) is 3.11. The molecule has 0 aromatic carbocycles. The molecule has 6 nitrogen and oxygen atoms in total. The number of hydrogen-bond donors (Lipinski definition) is 2. The van der Waals surface area contributed by atoms with E-state index >= 15 is 0 Å². The van der Waals surface area contributed by atoms with Crippen LogP contribution in [0, 0.1) is 5.41 Å². The minimum atomic E-state index is -4.53. The van der Waals surface area contributed by atoms with Crippen molar-refractivity contribution in [2.75, 3.05) is 24.5 Å². The third kappa shape index (κ3) is 3.30. The molecule has 0 spiro atoms. The van der Waals surface area contributed by atoms with Crippen molar-refractivity contribution >= 4 is 16.9 Å². The molecule has 4 heterocycles. The number of piperidine rings is 1. The van der Waals surface area contributed by atoms with Crippen LogP contribution in [-0.4, -0.2) is 39.8 Å². The van der Waals surface area contributed by atoms with Gasteiger partial charge >= 0.3 is 6.18 Å². The van der Waals surface area contributed by atoms with Gasteiger partial charge in [0.05, 0.1) is 11.3 Å². The SMILES string of the molecule is CC1(CN)CCN(c2ccc(C(F)(F)F)c(-c3[nH]nc4ncccc34)n2)CC1.[HH].[HH]. The van der Waals surface area contributed by atoms with Crippen molar-refractivity contribution in [2.24, 2.45) is 11.1 Å². The van der Waals surface area contributed by atoms with Crippen molar-refractivity contribution in [3.63, 3.8) is 0 Å². The predicted octanol–water partition coefficient (Wildman–Crippen LogP) is 4.10. The van der Waals surface area contributed by atoms with Gasteiger partial charge in [-0.3, -0.25) is 5.10 Å². The van der Waals surface area contributed by atoms with Gasteiger partial charge in [0.2, 0.25) is 0 Å². The summed E-state index contributed by atoms with van der Waals surface area (Å²) in [4.78, 5) is 10.5. The zero-order chi connectivity index (χ0) is 19.9. The molecule has 3 N–H and O–H groups in total. The van der Waals surface area contributed by atoms with Crippen LogP contribution in [0.4, 0.5) is 19.0 Å². The number of aromatic nitrogens is 4. The molecule has 0 radical (unpaired) electrons. The van der Waals surface area contributed by atoms with E-state index in [1.807, 2.05) is 4.90 Å². The Balaban J connectivity index is 0.00000160. The number of anilines is 1. The number of alkyl halides is 3. The van der Waals surface area contributed by atoms with Crippen molar-refractivity contribution in [3.05, 3.63) is 36.0 Å². The van der Waals surface area contributed by atoms with Gasteiger partial charge in [0, 0.05) is 27.5 Å². The van der Waals surface area contributed by atoms with Gasteiger partial charge in [-0.05, 0) is 49.1 Å². The lowest BCUT2D eigenvalue weighted by molar-refractivity contribution is -0.137. The monoisotopic (exact) mass is 394 g/mol. The lowest BCUT2D eigenvalue weighted by Crippen LogP contribution is -2.42. The second-order valence-electron chi connectivity index (χ2n) is 7.54. The van der Waals surface area contributed by atoms with E-state index in [2.05, 4.69) is 27.1 Å². The molecule has 28 heavy (non-hydrogen) atoms. The summed E-state index contributed by atoms with van der Waals surface area (Å²) >= 11 is 0. The minimum Gasteiger partial charge on any atom is -0.357 e. The molecular weight excluding hydrogens is 369 g/mol. The standard InChI is InChI=1S/C19H21F3N6.2H2/c1-18(11-23)6-9-28(10-7-18)14-5-4-13(19(20,21)22)16(25-14)15-12-3-2-8-24-17(12)27-26-15;;/h2-5,8H,6-7,9-11,23H2,1H3,(H,24,26,27);2*1H. The Bertz CT molecular complexity index is 999. The number of hydrogen-bond acceptors (Lipinski definition) is 5. The van der Waals surface area contributed by atoms with Crippen LogP contribution >= 0.6 is 0 Å². The van der Waals surface area contributed by atoms with Crippen LogP contribution in [0.1, 0.15) is 28.2 Å². The molecule has 3 aromatic rings. The molecular formula is C19H25F3N6. The van der Waals surface area contributed by atoms with Crippen LogP contribution in [0.3, 0.4) is 0 Å². The molecule has 4 rings (SSSR count). The number of fused-ring (bicyclic) bond motifs is 1. The first-order valence-electron chi connectivity index (χ1n) is 9.13. The normalized spacial score (nSPS) is 17.2. The first kappa shape index (κ1) is 18.7. The smallest absolute Gasteiger partial charge is 0.357 e. The first-order valence-corrected chi connectivity index (χ1v) is 9.13. The van der Waals surface area contributed by atoms with E-state index in [1.165, 1.54) is 6.07 Å². The zero-order valence-corrected chi connectivity index (χ0v) is 15.4. The Hall–Kier alpha value is -2.68. The number of aromatic amines is 1. The number of pyridine rings is 2. The molecule has 0 amide bonds. The summed E-state index contributed by atoms with van der Waals surface area (Å²) in [5.74, 6) is 0.522. The maximum Gasteiger partial charge on any atom is 0.418 e. The molecule has 1 saturated heterocycles. The molecule has 0 bridgehead atoms. The zero-order valence-electron chi connectivity index (χ0n) is 15.4.